The number of thiazole rings is 1. The van der Waals surface area contributed by atoms with Crippen LogP contribution < -0.4 is 9.54 Å². The molecular weight excluding hydrogens is 486 g/mol. The van der Waals surface area contributed by atoms with Gasteiger partial charge in [0.05, 0.1) is 22.8 Å². The van der Waals surface area contributed by atoms with Crippen LogP contribution in [-0.2, 0) is 21.3 Å². The highest BCUT2D eigenvalue weighted by Crippen LogP contribution is 2.28. The van der Waals surface area contributed by atoms with Gasteiger partial charge in [0.2, 0.25) is 10.0 Å². The number of carbonyl (C=O) groups excluding carboxylic acids is 1. The van der Waals surface area contributed by atoms with E-state index in [9.17, 15) is 13.2 Å². The van der Waals surface area contributed by atoms with Crippen LogP contribution in [0, 0.1) is 0 Å². The fraction of sp³-hybridized carbons (Fsp3) is 0.440. The first-order chi connectivity index (χ1) is 16.9. The smallest absolute Gasteiger partial charge is 0.279 e. The fourth-order valence-electron chi connectivity index (χ4n) is 3.77. The molecular formula is C25H33N3O5S2. The lowest BCUT2D eigenvalue weighted by atomic mass is 10.2. The molecule has 0 spiro atoms. The largest absolute Gasteiger partial charge is 0.492 e. The molecule has 0 aliphatic rings. The third-order valence-corrected chi connectivity index (χ3v) is 8.32. The second-order valence-corrected chi connectivity index (χ2v) is 10.9. The minimum atomic E-state index is -3.61. The summed E-state index contributed by atoms with van der Waals surface area (Å²) < 4.78 is 41.4. The number of benzene rings is 2. The molecule has 10 heteroatoms. The summed E-state index contributed by atoms with van der Waals surface area (Å²) in [4.78, 5) is 18.1. The van der Waals surface area contributed by atoms with E-state index in [-0.39, 0.29) is 4.90 Å². The van der Waals surface area contributed by atoms with Crippen LogP contribution in [0.5, 0.6) is 5.75 Å². The zero-order chi connectivity index (χ0) is 25.4. The minimum Gasteiger partial charge on any atom is -0.492 e. The second-order valence-electron chi connectivity index (χ2n) is 7.91. The topological polar surface area (TPSA) is 90.2 Å². The number of para-hydroxylation sites is 1. The Kier molecular flexibility index (Phi) is 9.62. The third-order valence-electron chi connectivity index (χ3n) is 5.37. The number of aromatic nitrogens is 1. The van der Waals surface area contributed by atoms with Crippen LogP contribution in [0.1, 0.15) is 44.0 Å². The number of amides is 1. The Balaban J connectivity index is 1.98. The Hall–Kier alpha value is -2.53. The normalized spacial score (nSPS) is 12.5. The molecule has 0 aliphatic carbocycles. The minimum absolute atomic E-state index is 0.175. The van der Waals surface area contributed by atoms with Crippen LogP contribution >= 0.6 is 11.3 Å². The Labute approximate surface area is 210 Å². The van der Waals surface area contributed by atoms with Gasteiger partial charge in [-0.3, -0.25) is 4.79 Å². The van der Waals surface area contributed by atoms with E-state index in [1.165, 1.54) is 39.9 Å². The Morgan fingerprint density at radius 1 is 1.06 bits per heavy atom. The van der Waals surface area contributed by atoms with Crippen molar-refractivity contribution in [1.82, 2.24) is 8.87 Å². The molecule has 0 saturated heterocycles. The van der Waals surface area contributed by atoms with E-state index in [4.69, 9.17) is 9.47 Å². The Bertz CT molecular complexity index is 1310. The van der Waals surface area contributed by atoms with E-state index in [0.29, 0.717) is 43.2 Å². The molecule has 35 heavy (non-hydrogen) atoms. The molecule has 3 rings (SSSR count). The molecule has 0 saturated carbocycles. The highest BCUT2D eigenvalue weighted by Gasteiger charge is 2.23. The lowest BCUT2D eigenvalue weighted by Crippen LogP contribution is -2.32. The van der Waals surface area contributed by atoms with Crippen LogP contribution in [0.4, 0.5) is 0 Å². The summed E-state index contributed by atoms with van der Waals surface area (Å²) in [6.07, 6.45) is 1.47. The van der Waals surface area contributed by atoms with E-state index in [1.807, 2.05) is 43.5 Å². The second kappa shape index (κ2) is 12.4. The van der Waals surface area contributed by atoms with Gasteiger partial charge in [-0.25, -0.2) is 8.42 Å². The first-order valence-electron chi connectivity index (χ1n) is 11.8. The monoisotopic (exact) mass is 519 g/mol. The highest BCUT2D eigenvalue weighted by molar-refractivity contribution is 7.89. The zero-order valence-electron chi connectivity index (χ0n) is 20.7. The molecule has 1 amide bonds. The number of sulfonamides is 1. The van der Waals surface area contributed by atoms with Crippen molar-refractivity contribution >= 4 is 37.5 Å². The van der Waals surface area contributed by atoms with Crippen LogP contribution in [0.15, 0.2) is 52.4 Å². The Morgan fingerprint density at radius 2 is 1.74 bits per heavy atom. The highest BCUT2D eigenvalue weighted by atomic mass is 32.2. The average molecular weight is 520 g/mol. The quantitative estimate of drug-likeness (QED) is 0.356. The molecule has 2 aromatic carbocycles. The van der Waals surface area contributed by atoms with Gasteiger partial charge in [-0.15, -0.1) is 0 Å². The molecule has 0 radical (unpaired) electrons. The number of carbonyl (C=O) groups is 1. The van der Waals surface area contributed by atoms with Crippen LogP contribution in [-0.4, -0.2) is 56.6 Å². The van der Waals surface area contributed by atoms with Crippen molar-refractivity contribution in [3.63, 3.8) is 0 Å². The van der Waals surface area contributed by atoms with Gasteiger partial charge in [-0.2, -0.15) is 9.30 Å². The lowest BCUT2D eigenvalue weighted by Gasteiger charge is -2.21. The van der Waals surface area contributed by atoms with Crippen molar-refractivity contribution in [3.05, 3.63) is 52.8 Å². The summed E-state index contributed by atoms with van der Waals surface area (Å²) in [6.45, 7) is 8.23. The molecule has 1 heterocycles. The van der Waals surface area contributed by atoms with Crippen LogP contribution in [0.2, 0.25) is 0 Å². The number of methoxy groups -OCH3 is 1. The first kappa shape index (κ1) is 27.1. The van der Waals surface area contributed by atoms with Crippen molar-refractivity contribution in [3.8, 4) is 5.75 Å². The van der Waals surface area contributed by atoms with Gasteiger partial charge in [0.25, 0.3) is 5.91 Å². The molecule has 0 bridgehead atoms. The molecule has 8 nitrogen and oxygen atoms in total. The summed E-state index contributed by atoms with van der Waals surface area (Å²) in [6, 6.07) is 11.8. The zero-order valence-corrected chi connectivity index (χ0v) is 22.3. The van der Waals surface area contributed by atoms with Crippen LogP contribution in [0.25, 0.3) is 10.2 Å². The van der Waals surface area contributed by atoms with E-state index >= 15 is 0 Å². The maximum absolute atomic E-state index is 13.0. The van der Waals surface area contributed by atoms with Gasteiger partial charge < -0.3 is 14.0 Å². The molecule has 0 fully saturated rings. The van der Waals surface area contributed by atoms with E-state index in [1.54, 1.807) is 7.11 Å². The fourth-order valence-corrected chi connectivity index (χ4v) is 6.46. The predicted octanol–water partition coefficient (Wildman–Crippen LogP) is 4.30. The summed E-state index contributed by atoms with van der Waals surface area (Å²) in [7, 11) is -1.99. The number of hydrogen-bond donors (Lipinski definition) is 0. The molecule has 0 N–H and O–H groups in total. The lowest BCUT2D eigenvalue weighted by molar-refractivity contribution is 0.0997. The maximum Gasteiger partial charge on any atom is 0.279 e. The van der Waals surface area contributed by atoms with E-state index in [2.05, 4.69) is 4.99 Å². The SMILES string of the molecule is CCCN(CCC)S(=O)(=O)c1ccc(C(=O)N=c2sc3cccc(OCC)c3n2CCOC)cc1. The van der Waals surface area contributed by atoms with Gasteiger partial charge in [-0.1, -0.05) is 31.3 Å². The van der Waals surface area contributed by atoms with Gasteiger partial charge in [0, 0.05) is 32.3 Å². The van der Waals surface area contributed by atoms with Gasteiger partial charge in [0.1, 0.15) is 11.3 Å². The molecule has 1 aromatic heterocycles. The maximum atomic E-state index is 13.0. The number of rotatable bonds is 12. The number of fused-ring (bicyclic) bond motifs is 1. The number of hydrogen-bond acceptors (Lipinski definition) is 6. The molecule has 190 valence electrons. The predicted molar refractivity (Wildman–Crippen MR) is 139 cm³/mol. The van der Waals surface area contributed by atoms with Crippen molar-refractivity contribution in [2.45, 2.75) is 45.1 Å². The third kappa shape index (κ3) is 6.19. The summed E-state index contributed by atoms with van der Waals surface area (Å²) >= 11 is 1.40. The van der Waals surface area contributed by atoms with E-state index in [0.717, 1.165) is 28.8 Å². The Morgan fingerprint density at radius 3 is 2.34 bits per heavy atom. The number of ether oxygens (including phenoxy) is 2. The summed E-state index contributed by atoms with van der Waals surface area (Å²) in [5.41, 5.74) is 1.19. The van der Waals surface area contributed by atoms with Gasteiger partial charge in [-0.05, 0) is 56.2 Å². The van der Waals surface area contributed by atoms with Crippen molar-refractivity contribution in [2.24, 2.45) is 4.99 Å². The molecule has 0 atom stereocenters. The molecule has 0 unspecified atom stereocenters. The standard InChI is InChI=1S/C25H33N3O5S2/c1-5-15-27(16-6-2)35(30,31)20-13-11-19(12-14-20)24(29)26-25-28(17-18-32-4)23-21(33-7-3)9-8-10-22(23)34-25/h8-14H,5-7,15-18H2,1-4H3. The van der Waals surface area contributed by atoms with Crippen molar-refractivity contribution < 1.29 is 22.7 Å². The molecule has 3 aromatic rings. The summed E-state index contributed by atoms with van der Waals surface area (Å²) in [5.74, 6) is 0.285. The van der Waals surface area contributed by atoms with Crippen LogP contribution in [0.3, 0.4) is 0 Å². The van der Waals surface area contributed by atoms with Crippen molar-refractivity contribution in [2.75, 3.05) is 33.4 Å². The first-order valence-corrected chi connectivity index (χ1v) is 14.1. The van der Waals surface area contributed by atoms with Crippen molar-refractivity contribution in [1.29, 1.82) is 0 Å². The number of nitrogens with zero attached hydrogens (tertiary/aromatic N) is 3. The summed E-state index contributed by atoms with van der Waals surface area (Å²) in [5, 5.41) is 0. The van der Waals surface area contributed by atoms with Gasteiger partial charge >= 0.3 is 0 Å². The molecule has 0 aliphatic heterocycles. The van der Waals surface area contributed by atoms with E-state index < -0.39 is 15.9 Å². The van der Waals surface area contributed by atoms with Gasteiger partial charge in [0.15, 0.2) is 4.80 Å². The average Bonchev–Trinajstić information content (AvgIpc) is 3.20.